The lowest BCUT2D eigenvalue weighted by atomic mass is 9.94. The first-order valence-corrected chi connectivity index (χ1v) is 8.61. The average Bonchev–Trinajstić information content (AvgIpc) is 3.16. The van der Waals surface area contributed by atoms with E-state index in [0.717, 1.165) is 12.8 Å². The van der Waals surface area contributed by atoms with E-state index in [4.69, 9.17) is 0 Å². The van der Waals surface area contributed by atoms with Crippen molar-refractivity contribution in [2.24, 2.45) is 0 Å². The van der Waals surface area contributed by atoms with Gasteiger partial charge in [0.25, 0.3) is 0 Å². The van der Waals surface area contributed by atoms with E-state index >= 15 is 0 Å². The molecule has 1 aromatic heterocycles. The molecule has 6 nitrogen and oxygen atoms in total. The Balaban J connectivity index is 1.67. The number of hydrogen-bond donors (Lipinski definition) is 1. The van der Waals surface area contributed by atoms with Crippen molar-refractivity contribution in [1.82, 2.24) is 19.9 Å². The minimum Gasteiger partial charge on any atom is -0.381 e. The molecule has 126 valence electrons. The summed E-state index contributed by atoms with van der Waals surface area (Å²) in [5.74, 6) is 0.0223. The lowest BCUT2D eigenvalue weighted by Crippen LogP contribution is -2.34. The number of aliphatic hydroxyl groups is 1. The predicted molar refractivity (Wildman–Crippen MR) is 86.7 cm³/mol. The van der Waals surface area contributed by atoms with Crippen molar-refractivity contribution in [3.63, 3.8) is 0 Å². The maximum atomic E-state index is 12.4. The predicted octanol–water partition coefficient (Wildman–Crippen LogP) is 2.17. The molecule has 1 amide bonds. The van der Waals surface area contributed by atoms with Gasteiger partial charge in [-0.25, -0.2) is 4.68 Å². The largest absolute Gasteiger partial charge is 0.381 e. The molecule has 2 aliphatic rings. The Morgan fingerprint density at radius 3 is 2.74 bits per heavy atom. The minimum absolute atomic E-state index is 0.0223. The lowest BCUT2D eigenvalue weighted by Gasteiger charge is -2.21. The maximum Gasteiger partial charge on any atom is 0.246 e. The van der Waals surface area contributed by atoms with Crippen LogP contribution in [-0.4, -0.2) is 44.0 Å². The first-order valence-electron chi connectivity index (χ1n) is 8.61. The highest BCUT2D eigenvalue weighted by Crippen LogP contribution is 2.31. The fourth-order valence-electron chi connectivity index (χ4n) is 3.35. The quantitative estimate of drug-likeness (QED) is 0.867. The van der Waals surface area contributed by atoms with Crippen LogP contribution in [0.5, 0.6) is 0 Å². The molecule has 6 heteroatoms. The molecule has 0 spiro atoms. The van der Waals surface area contributed by atoms with Gasteiger partial charge in [0.15, 0.2) is 0 Å². The van der Waals surface area contributed by atoms with Crippen LogP contribution in [0.3, 0.4) is 0 Å². The Morgan fingerprint density at radius 1 is 1.35 bits per heavy atom. The summed E-state index contributed by atoms with van der Waals surface area (Å²) in [6, 6.07) is 0.204. The van der Waals surface area contributed by atoms with Gasteiger partial charge in [-0.3, -0.25) is 4.79 Å². The average molecular weight is 318 g/mol. The SMILES string of the molecule is CC(C)n1cc([C@@]2(O)CCN(C(=O)C=C3CCCCC3)C2)nn1. The fourth-order valence-corrected chi connectivity index (χ4v) is 3.35. The lowest BCUT2D eigenvalue weighted by molar-refractivity contribution is -0.126. The van der Waals surface area contributed by atoms with E-state index in [1.165, 1.54) is 24.8 Å². The number of amides is 1. The Hall–Kier alpha value is -1.69. The highest BCUT2D eigenvalue weighted by Gasteiger charge is 2.41. The molecule has 1 aliphatic heterocycles. The van der Waals surface area contributed by atoms with E-state index in [2.05, 4.69) is 10.3 Å². The van der Waals surface area contributed by atoms with Crippen LogP contribution in [0.15, 0.2) is 17.8 Å². The molecule has 2 fully saturated rings. The highest BCUT2D eigenvalue weighted by molar-refractivity contribution is 5.88. The van der Waals surface area contributed by atoms with Gasteiger partial charge in [-0.05, 0) is 39.5 Å². The second-order valence-corrected chi connectivity index (χ2v) is 7.08. The Morgan fingerprint density at radius 2 is 2.09 bits per heavy atom. The van der Waals surface area contributed by atoms with Gasteiger partial charge in [-0.2, -0.15) is 0 Å². The number of hydrogen-bond acceptors (Lipinski definition) is 4. The summed E-state index contributed by atoms with van der Waals surface area (Å²) in [6.45, 7) is 4.90. The standard InChI is InChI=1S/C17H26N4O2/c1-13(2)21-11-15(18-19-21)17(23)8-9-20(12-17)16(22)10-14-6-4-3-5-7-14/h10-11,13,23H,3-9,12H2,1-2H3/t17-/m1/s1. The highest BCUT2D eigenvalue weighted by atomic mass is 16.3. The maximum absolute atomic E-state index is 12.4. The number of β-amino-alcohol motifs (C(OH)–C–C–N with tert-alkyl or cyclic N) is 1. The molecular formula is C17H26N4O2. The molecule has 0 unspecified atom stereocenters. The number of likely N-dealkylation sites (tertiary alicyclic amines) is 1. The van der Waals surface area contributed by atoms with Crippen LogP contribution < -0.4 is 0 Å². The molecule has 23 heavy (non-hydrogen) atoms. The molecule has 1 aliphatic carbocycles. The summed E-state index contributed by atoms with van der Waals surface area (Å²) in [4.78, 5) is 14.2. The summed E-state index contributed by atoms with van der Waals surface area (Å²) in [5.41, 5.74) is 0.739. The number of aromatic nitrogens is 3. The van der Waals surface area contributed by atoms with Crippen LogP contribution in [0.2, 0.25) is 0 Å². The summed E-state index contributed by atoms with van der Waals surface area (Å²) >= 11 is 0. The zero-order valence-corrected chi connectivity index (χ0v) is 14.0. The smallest absolute Gasteiger partial charge is 0.246 e. The van der Waals surface area contributed by atoms with E-state index in [-0.39, 0.29) is 11.9 Å². The molecule has 1 saturated heterocycles. The molecular weight excluding hydrogens is 292 g/mol. The summed E-state index contributed by atoms with van der Waals surface area (Å²) in [7, 11) is 0. The Labute approximate surface area is 137 Å². The van der Waals surface area contributed by atoms with Crippen LogP contribution in [0, 0.1) is 0 Å². The molecule has 1 N–H and O–H groups in total. The molecule has 3 rings (SSSR count). The van der Waals surface area contributed by atoms with Gasteiger partial charge in [0.1, 0.15) is 11.3 Å². The molecule has 1 atom stereocenters. The third kappa shape index (κ3) is 3.47. The van der Waals surface area contributed by atoms with Crippen molar-refractivity contribution >= 4 is 5.91 Å². The number of rotatable bonds is 3. The van der Waals surface area contributed by atoms with Gasteiger partial charge >= 0.3 is 0 Å². The monoisotopic (exact) mass is 318 g/mol. The Kier molecular flexibility index (Phi) is 4.53. The summed E-state index contributed by atoms with van der Waals surface area (Å²) in [6.07, 6.45) is 9.79. The molecule has 0 bridgehead atoms. The van der Waals surface area contributed by atoms with Gasteiger partial charge in [0.2, 0.25) is 5.91 Å². The number of carbonyl (C=O) groups excluding carboxylic acids is 1. The van der Waals surface area contributed by atoms with Crippen molar-refractivity contribution in [3.05, 3.63) is 23.5 Å². The first-order chi connectivity index (χ1) is 11.0. The van der Waals surface area contributed by atoms with Crippen molar-refractivity contribution in [1.29, 1.82) is 0 Å². The van der Waals surface area contributed by atoms with Gasteiger partial charge in [0, 0.05) is 25.1 Å². The minimum atomic E-state index is -1.08. The van der Waals surface area contributed by atoms with Crippen LogP contribution in [0.1, 0.15) is 64.1 Å². The molecule has 1 aromatic rings. The molecule has 2 heterocycles. The van der Waals surface area contributed by atoms with E-state index in [1.54, 1.807) is 21.9 Å². The van der Waals surface area contributed by atoms with Crippen molar-refractivity contribution in [3.8, 4) is 0 Å². The van der Waals surface area contributed by atoms with Gasteiger partial charge in [0.05, 0.1) is 12.7 Å². The normalized spacial score (nSPS) is 25.2. The van der Waals surface area contributed by atoms with E-state index in [1.807, 2.05) is 13.8 Å². The fraction of sp³-hybridized carbons (Fsp3) is 0.706. The first kappa shape index (κ1) is 16.2. The van der Waals surface area contributed by atoms with Crippen molar-refractivity contribution in [2.75, 3.05) is 13.1 Å². The molecule has 0 radical (unpaired) electrons. The molecule has 1 saturated carbocycles. The third-order valence-electron chi connectivity index (χ3n) is 4.90. The summed E-state index contributed by atoms with van der Waals surface area (Å²) < 4.78 is 1.74. The van der Waals surface area contributed by atoms with E-state index in [0.29, 0.717) is 25.2 Å². The second kappa shape index (κ2) is 6.43. The summed E-state index contributed by atoms with van der Waals surface area (Å²) in [5, 5.41) is 19.0. The van der Waals surface area contributed by atoms with Crippen molar-refractivity contribution in [2.45, 2.75) is 64.0 Å². The van der Waals surface area contributed by atoms with Crippen LogP contribution in [0.4, 0.5) is 0 Å². The number of carbonyl (C=O) groups is 1. The zero-order chi connectivity index (χ0) is 16.4. The van der Waals surface area contributed by atoms with Gasteiger partial charge in [-0.15, -0.1) is 5.10 Å². The Bertz CT molecular complexity index is 599. The number of allylic oxidation sites excluding steroid dienone is 1. The van der Waals surface area contributed by atoms with Crippen LogP contribution in [-0.2, 0) is 10.4 Å². The molecule has 0 aromatic carbocycles. The van der Waals surface area contributed by atoms with E-state index in [9.17, 15) is 9.90 Å². The second-order valence-electron chi connectivity index (χ2n) is 7.08. The van der Waals surface area contributed by atoms with Crippen molar-refractivity contribution < 1.29 is 9.90 Å². The van der Waals surface area contributed by atoms with Crippen LogP contribution in [0.25, 0.3) is 0 Å². The number of nitrogens with zero attached hydrogens (tertiary/aromatic N) is 4. The van der Waals surface area contributed by atoms with Gasteiger partial charge < -0.3 is 10.0 Å². The zero-order valence-electron chi connectivity index (χ0n) is 14.0. The van der Waals surface area contributed by atoms with Gasteiger partial charge in [-0.1, -0.05) is 17.2 Å². The van der Waals surface area contributed by atoms with Crippen LogP contribution >= 0.6 is 0 Å². The third-order valence-corrected chi connectivity index (χ3v) is 4.90. The van der Waals surface area contributed by atoms with E-state index < -0.39 is 5.60 Å². The topological polar surface area (TPSA) is 71.2 Å².